The lowest BCUT2D eigenvalue weighted by Crippen LogP contribution is -1.94. The van der Waals surface area contributed by atoms with Gasteiger partial charge in [0.15, 0.2) is 0 Å². The summed E-state index contributed by atoms with van der Waals surface area (Å²) in [7, 11) is 0. The third-order valence-electron chi connectivity index (χ3n) is 3.24. The molecule has 0 aromatic carbocycles. The van der Waals surface area contributed by atoms with Gasteiger partial charge in [0.2, 0.25) is 5.76 Å². The molecule has 2 rings (SSSR count). The first-order chi connectivity index (χ1) is 11.7. The molecule has 1 N–H and O–H groups in total. The van der Waals surface area contributed by atoms with Gasteiger partial charge >= 0.3 is 5.97 Å². The lowest BCUT2D eigenvalue weighted by molar-refractivity contribution is 0.0652. The molecular weight excluding hydrogens is 304 g/mol. The zero-order valence-corrected chi connectivity index (χ0v) is 13.4. The highest BCUT2D eigenvalue weighted by Gasteiger charge is 2.08. The minimum absolute atomic E-state index is 0.0829. The standard InChI is InChI=1S/C20H20O4/c1-2-8-16(17-9-5-3-4-6-10-17)11-7-14-23-15-18-12-13-19(24-18)20(21)22/h2-3,5-13H,1,4,14-15H2,(H,21,22)/b11-7-,16-8+. The SMILES string of the molecule is C=C/C=C(\C=C/COCc1ccc(C(=O)O)o1)C1=CC=CCC=C1. The number of carboxylic acid groups (broad SMARTS) is 1. The molecule has 1 aliphatic rings. The Kier molecular flexibility index (Phi) is 6.80. The second-order valence-corrected chi connectivity index (χ2v) is 5.03. The minimum atomic E-state index is -1.08. The predicted molar refractivity (Wildman–Crippen MR) is 93.7 cm³/mol. The molecule has 1 aromatic rings. The minimum Gasteiger partial charge on any atom is -0.475 e. The molecule has 4 heteroatoms. The highest BCUT2D eigenvalue weighted by Crippen LogP contribution is 2.16. The van der Waals surface area contributed by atoms with E-state index in [0.717, 1.165) is 17.6 Å². The fourth-order valence-electron chi connectivity index (χ4n) is 2.12. The van der Waals surface area contributed by atoms with Gasteiger partial charge in [-0.15, -0.1) is 0 Å². The normalized spacial score (nSPS) is 14.7. The summed E-state index contributed by atoms with van der Waals surface area (Å²) in [6.45, 7) is 4.37. The van der Waals surface area contributed by atoms with Gasteiger partial charge in [-0.2, -0.15) is 0 Å². The number of allylic oxidation sites excluding steroid dienone is 10. The van der Waals surface area contributed by atoms with Crippen molar-refractivity contribution in [3.05, 3.63) is 96.1 Å². The maximum absolute atomic E-state index is 10.7. The molecule has 0 radical (unpaired) electrons. The topological polar surface area (TPSA) is 59.7 Å². The van der Waals surface area contributed by atoms with Crippen molar-refractivity contribution in [1.29, 1.82) is 0 Å². The van der Waals surface area contributed by atoms with Gasteiger partial charge in [0.25, 0.3) is 0 Å². The van der Waals surface area contributed by atoms with Crippen molar-refractivity contribution >= 4 is 5.97 Å². The molecule has 0 amide bonds. The average molecular weight is 324 g/mol. The number of furan rings is 1. The molecule has 0 saturated heterocycles. The Labute approximate surface area is 141 Å². The maximum Gasteiger partial charge on any atom is 0.371 e. The van der Waals surface area contributed by atoms with Crippen LogP contribution >= 0.6 is 0 Å². The van der Waals surface area contributed by atoms with E-state index in [2.05, 4.69) is 30.9 Å². The molecule has 0 aliphatic heterocycles. The second kappa shape index (κ2) is 9.33. The van der Waals surface area contributed by atoms with Crippen molar-refractivity contribution < 1.29 is 19.1 Å². The molecule has 1 aliphatic carbocycles. The van der Waals surface area contributed by atoms with Crippen molar-refractivity contribution in [2.24, 2.45) is 0 Å². The van der Waals surface area contributed by atoms with Gasteiger partial charge in [0, 0.05) is 0 Å². The molecule has 1 aromatic heterocycles. The van der Waals surface area contributed by atoms with Crippen LogP contribution in [0, 0.1) is 0 Å². The molecule has 24 heavy (non-hydrogen) atoms. The van der Waals surface area contributed by atoms with Crippen LogP contribution in [0.3, 0.4) is 0 Å². The van der Waals surface area contributed by atoms with E-state index in [4.69, 9.17) is 14.3 Å². The molecule has 0 atom stereocenters. The van der Waals surface area contributed by atoms with Crippen molar-refractivity contribution in [2.45, 2.75) is 13.0 Å². The van der Waals surface area contributed by atoms with Crippen molar-refractivity contribution in [1.82, 2.24) is 0 Å². The molecule has 0 bridgehead atoms. The van der Waals surface area contributed by atoms with Crippen LogP contribution in [0.15, 0.2) is 89.0 Å². The van der Waals surface area contributed by atoms with Crippen molar-refractivity contribution in [3.8, 4) is 0 Å². The number of ether oxygens (including phenoxy) is 1. The Morgan fingerprint density at radius 2 is 2.25 bits per heavy atom. The van der Waals surface area contributed by atoms with Crippen molar-refractivity contribution in [3.63, 3.8) is 0 Å². The molecule has 0 unspecified atom stereocenters. The van der Waals surface area contributed by atoms with E-state index in [9.17, 15) is 4.79 Å². The van der Waals surface area contributed by atoms with Crippen LogP contribution in [0.4, 0.5) is 0 Å². The van der Waals surface area contributed by atoms with Crippen LogP contribution in [0.25, 0.3) is 0 Å². The van der Waals surface area contributed by atoms with E-state index in [1.54, 1.807) is 12.1 Å². The van der Waals surface area contributed by atoms with Gasteiger partial charge in [0.05, 0.1) is 6.61 Å². The first-order valence-electron chi connectivity index (χ1n) is 7.63. The zero-order chi connectivity index (χ0) is 17.2. The summed E-state index contributed by atoms with van der Waals surface area (Å²) in [5, 5.41) is 8.79. The maximum atomic E-state index is 10.7. The van der Waals surface area contributed by atoms with Crippen molar-refractivity contribution in [2.75, 3.05) is 6.61 Å². The van der Waals surface area contributed by atoms with Crippen LogP contribution in [0.1, 0.15) is 22.7 Å². The first-order valence-corrected chi connectivity index (χ1v) is 7.63. The number of carbonyl (C=O) groups is 1. The summed E-state index contributed by atoms with van der Waals surface area (Å²) >= 11 is 0. The Morgan fingerprint density at radius 1 is 1.38 bits per heavy atom. The lowest BCUT2D eigenvalue weighted by atomic mass is 10.0. The molecule has 4 nitrogen and oxygen atoms in total. The monoisotopic (exact) mass is 324 g/mol. The van der Waals surface area contributed by atoms with Crippen LogP contribution in [-0.2, 0) is 11.3 Å². The number of carboxylic acids is 1. The summed E-state index contributed by atoms with van der Waals surface area (Å²) < 4.78 is 10.6. The number of hydrogen-bond donors (Lipinski definition) is 1. The summed E-state index contributed by atoms with van der Waals surface area (Å²) in [5.74, 6) is -0.679. The average Bonchev–Trinajstić information content (AvgIpc) is 2.88. The van der Waals surface area contributed by atoms with Gasteiger partial charge in [-0.25, -0.2) is 4.79 Å². The van der Waals surface area contributed by atoms with E-state index >= 15 is 0 Å². The summed E-state index contributed by atoms with van der Waals surface area (Å²) in [5.41, 5.74) is 2.15. The Hall–Kier alpha value is -2.85. The molecule has 0 saturated carbocycles. The second-order valence-electron chi connectivity index (χ2n) is 5.03. The van der Waals surface area contributed by atoms with E-state index in [1.807, 2.05) is 24.3 Å². The molecule has 0 spiro atoms. The van der Waals surface area contributed by atoms with Gasteiger partial charge in [-0.1, -0.05) is 61.3 Å². The predicted octanol–water partition coefficient (Wildman–Crippen LogP) is 4.61. The zero-order valence-electron chi connectivity index (χ0n) is 13.4. The fraction of sp³-hybridized carbons (Fsp3) is 0.150. The van der Waals surface area contributed by atoms with Crippen LogP contribution in [0.5, 0.6) is 0 Å². The molecule has 124 valence electrons. The molecular formula is C20H20O4. The van der Waals surface area contributed by atoms with Crippen LogP contribution in [0.2, 0.25) is 0 Å². The van der Waals surface area contributed by atoms with Gasteiger partial charge in [-0.05, 0) is 29.7 Å². The Morgan fingerprint density at radius 3 is 3.00 bits per heavy atom. The Bertz CT molecular complexity index is 727. The smallest absolute Gasteiger partial charge is 0.371 e. The van der Waals surface area contributed by atoms with E-state index < -0.39 is 5.97 Å². The molecule has 0 fully saturated rings. The molecule has 1 heterocycles. The number of hydrogen-bond acceptors (Lipinski definition) is 3. The largest absolute Gasteiger partial charge is 0.475 e. The van der Waals surface area contributed by atoms with Gasteiger partial charge < -0.3 is 14.3 Å². The Balaban J connectivity index is 1.87. The number of aromatic carboxylic acids is 1. The van der Waals surface area contributed by atoms with Gasteiger partial charge in [0.1, 0.15) is 12.4 Å². The third-order valence-corrected chi connectivity index (χ3v) is 3.24. The first kappa shape index (κ1) is 17.5. The quantitative estimate of drug-likeness (QED) is 0.560. The van der Waals surface area contributed by atoms with Crippen LogP contribution in [-0.4, -0.2) is 17.7 Å². The highest BCUT2D eigenvalue weighted by molar-refractivity contribution is 5.84. The number of rotatable bonds is 8. The summed E-state index contributed by atoms with van der Waals surface area (Å²) in [4.78, 5) is 10.7. The van der Waals surface area contributed by atoms with E-state index in [0.29, 0.717) is 12.4 Å². The highest BCUT2D eigenvalue weighted by atomic mass is 16.5. The third kappa shape index (κ3) is 5.41. The summed E-state index contributed by atoms with van der Waals surface area (Å²) in [6.07, 6.45) is 18.9. The van der Waals surface area contributed by atoms with Crippen LogP contribution < -0.4 is 0 Å². The summed E-state index contributed by atoms with van der Waals surface area (Å²) in [6, 6.07) is 3.02. The van der Waals surface area contributed by atoms with E-state index in [-0.39, 0.29) is 12.4 Å². The van der Waals surface area contributed by atoms with Gasteiger partial charge in [-0.3, -0.25) is 0 Å². The fourth-order valence-corrected chi connectivity index (χ4v) is 2.12. The van der Waals surface area contributed by atoms with E-state index in [1.165, 1.54) is 6.07 Å². The lowest BCUT2D eigenvalue weighted by Gasteiger charge is -2.03.